The summed E-state index contributed by atoms with van der Waals surface area (Å²) in [6, 6.07) is -1.57. The molecule has 0 aliphatic carbocycles. The summed E-state index contributed by atoms with van der Waals surface area (Å²) in [7, 11) is 2.54. The smallest absolute Gasteiger partial charge is 0.413 e. The average molecular weight is 637 g/mol. The number of halogens is 6. The first-order valence-electron chi connectivity index (χ1n) is 13.1. The predicted octanol–water partition coefficient (Wildman–Crippen LogP) is 3.99. The Labute approximate surface area is 246 Å². The van der Waals surface area contributed by atoms with Crippen molar-refractivity contribution in [1.82, 2.24) is 40.4 Å². The van der Waals surface area contributed by atoms with Crippen molar-refractivity contribution >= 4 is 17.6 Å². The van der Waals surface area contributed by atoms with Crippen LogP contribution < -0.4 is 15.4 Å². The van der Waals surface area contributed by atoms with E-state index in [0.717, 1.165) is 25.7 Å². The van der Waals surface area contributed by atoms with Gasteiger partial charge in [-0.25, -0.2) is 18.9 Å². The fourth-order valence-corrected chi connectivity index (χ4v) is 4.58. The van der Waals surface area contributed by atoms with Crippen molar-refractivity contribution in [2.75, 3.05) is 27.4 Å². The number of alkyl halides is 6. The summed E-state index contributed by atoms with van der Waals surface area (Å²) in [4.78, 5) is 31.0. The van der Waals surface area contributed by atoms with Crippen LogP contribution in [0.25, 0.3) is 5.65 Å². The summed E-state index contributed by atoms with van der Waals surface area (Å²) < 4.78 is 97.7. The summed E-state index contributed by atoms with van der Waals surface area (Å²) in [6.45, 7) is 2.06. The third kappa shape index (κ3) is 6.36. The Hall–Kier alpha value is -4.16. The van der Waals surface area contributed by atoms with Gasteiger partial charge in [0.25, 0.3) is 11.8 Å². The molecule has 19 heteroatoms. The summed E-state index contributed by atoms with van der Waals surface area (Å²) in [5.41, 5.74) is -4.38. The average Bonchev–Trinajstić information content (AvgIpc) is 3.65. The molecule has 242 valence electrons. The molecule has 1 aliphatic rings. The number of aromatic nitrogens is 5. The standard InChI is InChI=1S/C25H30F6N8O5/c1-22(2,24(26,27)28)7-6-14(34-19(40)18-20(43-5)37-44-36-18)15-10-39-17(33-15)8-13(9-32-39)16(11-42-4)38-12-23(3,25(29,30)31)35-21(38)41/h8-10,14,16H,6-7,11-12H2,1-5H3,(H,34,40)(H,35,41)/t14?,16-,23+/m1/s1. The van der Waals surface area contributed by atoms with Crippen molar-refractivity contribution in [3.63, 3.8) is 0 Å². The lowest BCUT2D eigenvalue weighted by Crippen LogP contribution is -2.53. The molecule has 3 atom stereocenters. The van der Waals surface area contributed by atoms with E-state index in [-0.39, 0.29) is 41.5 Å². The Balaban J connectivity index is 1.67. The van der Waals surface area contributed by atoms with E-state index in [1.165, 1.54) is 37.2 Å². The second-order valence-corrected chi connectivity index (χ2v) is 11.2. The molecule has 0 spiro atoms. The molecule has 3 amide bonds. The van der Waals surface area contributed by atoms with Crippen molar-refractivity contribution in [3.05, 3.63) is 35.4 Å². The Kier molecular flexibility index (Phi) is 8.73. The number of urea groups is 1. The number of fused-ring (bicyclic) bond motifs is 1. The zero-order chi connectivity index (χ0) is 32.7. The van der Waals surface area contributed by atoms with Crippen LogP contribution in [0.3, 0.4) is 0 Å². The number of hydrogen-bond acceptors (Lipinski definition) is 9. The van der Waals surface area contributed by atoms with Gasteiger partial charge in [0.2, 0.25) is 5.69 Å². The first kappa shape index (κ1) is 32.7. The number of carbonyl (C=O) groups is 2. The van der Waals surface area contributed by atoms with Crippen LogP contribution in [-0.4, -0.2) is 87.0 Å². The second-order valence-electron chi connectivity index (χ2n) is 11.2. The fourth-order valence-electron chi connectivity index (χ4n) is 4.58. The van der Waals surface area contributed by atoms with E-state index in [1.807, 2.05) is 5.32 Å². The van der Waals surface area contributed by atoms with Gasteiger partial charge in [-0.2, -0.15) is 31.4 Å². The molecule has 1 saturated heterocycles. The normalized spacial score (nSPS) is 19.2. The molecule has 1 aliphatic heterocycles. The van der Waals surface area contributed by atoms with Crippen LogP contribution in [0, 0.1) is 5.41 Å². The largest absolute Gasteiger partial charge is 0.477 e. The zero-order valence-corrected chi connectivity index (χ0v) is 24.2. The van der Waals surface area contributed by atoms with Crippen molar-refractivity contribution in [3.8, 4) is 5.88 Å². The molecule has 0 radical (unpaired) electrons. The fraction of sp³-hybridized carbons (Fsp3) is 0.600. The first-order valence-corrected chi connectivity index (χ1v) is 13.1. The molecule has 4 rings (SSSR count). The molecule has 1 fully saturated rings. The van der Waals surface area contributed by atoms with E-state index in [4.69, 9.17) is 9.47 Å². The number of nitrogens with zero attached hydrogens (tertiary/aromatic N) is 6. The van der Waals surface area contributed by atoms with Crippen LogP contribution in [0.2, 0.25) is 0 Å². The van der Waals surface area contributed by atoms with Crippen molar-refractivity contribution in [1.29, 1.82) is 0 Å². The van der Waals surface area contributed by atoms with Crippen LogP contribution in [0.1, 0.15) is 67.4 Å². The van der Waals surface area contributed by atoms with Crippen molar-refractivity contribution in [2.45, 2.75) is 63.6 Å². The SMILES string of the molecule is COC[C@H](c1cnn2cc(C(CCC(C)(C)C(F)(F)F)NC(=O)c3nonc3OC)nc2c1)N1C[C@@](C)(C(F)(F)F)NC1=O. The Morgan fingerprint density at radius 3 is 2.50 bits per heavy atom. The van der Waals surface area contributed by atoms with Gasteiger partial charge in [0.05, 0.1) is 55.8 Å². The maximum Gasteiger partial charge on any atom is 0.413 e. The third-order valence-corrected chi connectivity index (χ3v) is 7.56. The van der Waals surface area contributed by atoms with E-state index in [0.29, 0.717) is 0 Å². The van der Waals surface area contributed by atoms with E-state index in [1.54, 1.807) is 0 Å². The number of nitrogens with one attached hydrogen (secondary N) is 2. The highest BCUT2D eigenvalue weighted by Crippen LogP contribution is 2.42. The van der Waals surface area contributed by atoms with Gasteiger partial charge in [-0.05, 0) is 36.1 Å². The van der Waals surface area contributed by atoms with Gasteiger partial charge >= 0.3 is 18.4 Å². The summed E-state index contributed by atoms with van der Waals surface area (Å²) in [6.07, 6.45) is -7.17. The molecule has 0 saturated carbocycles. The van der Waals surface area contributed by atoms with Crippen molar-refractivity contribution < 1.29 is 50.0 Å². The maximum absolute atomic E-state index is 13.6. The minimum Gasteiger partial charge on any atom is -0.477 e. The van der Waals surface area contributed by atoms with Crippen LogP contribution in [0.15, 0.2) is 23.1 Å². The lowest BCUT2D eigenvalue weighted by atomic mass is 9.85. The van der Waals surface area contributed by atoms with Crippen molar-refractivity contribution in [2.24, 2.45) is 5.41 Å². The molecule has 44 heavy (non-hydrogen) atoms. The van der Waals surface area contributed by atoms with Crippen LogP contribution in [0.4, 0.5) is 31.1 Å². The topological polar surface area (TPSA) is 149 Å². The Morgan fingerprint density at radius 1 is 1.20 bits per heavy atom. The number of ether oxygens (including phenoxy) is 2. The van der Waals surface area contributed by atoms with Crippen LogP contribution in [-0.2, 0) is 4.74 Å². The van der Waals surface area contributed by atoms with Gasteiger partial charge in [-0.15, -0.1) is 0 Å². The van der Waals surface area contributed by atoms with E-state index < -0.39 is 60.3 Å². The van der Waals surface area contributed by atoms with Gasteiger partial charge in [0.15, 0.2) is 11.2 Å². The molecule has 0 aromatic carbocycles. The molecule has 3 aromatic heterocycles. The highest BCUT2D eigenvalue weighted by molar-refractivity contribution is 5.94. The lowest BCUT2D eigenvalue weighted by Gasteiger charge is -2.29. The molecule has 1 unspecified atom stereocenters. The summed E-state index contributed by atoms with van der Waals surface area (Å²) in [5, 5.41) is 15.7. The summed E-state index contributed by atoms with van der Waals surface area (Å²) in [5.74, 6) is -1.09. The monoisotopic (exact) mass is 636 g/mol. The number of amides is 3. The number of imidazole rings is 1. The van der Waals surface area contributed by atoms with Gasteiger partial charge in [0, 0.05) is 12.7 Å². The molecular formula is C25H30F6N8O5. The molecule has 0 bridgehead atoms. The Bertz CT molecular complexity index is 1510. The van der Waals surface area contributed by atoms with E-state index in [2.05, 4.69) is 30.3 Å². The van der Waals surface area contributed by atoms with Gasteiger partial charge < -0.3 is 25.0 Å². The minimum absolute atomic E-state index is 0.128. The molecular weight excluding hydrogens is 606 g/mol. The van der Waals surface area contributed by atoms with E-state index >= 15 is 0 Å². The first-order chi connectivity index (χ1) is 20.4. The zero-order valence-electron chi connectivity index (χ0n) is 24.2. The molecule has 4 heterocycles. The second kappa shape index (κ2) is 11.7. The summed E-state index contributed by atoms with van der Waals surface area (Å²) >= 11 is 0. The quantitative estimate of drug-likeness (QED) is 0.298. The van der Waals surface area contributed by atoms with Crippen LogP contribution in [0.5, 0.6) is 5.88 Å². The highest BCUT2D eigenvalue weighted by atomic mass is 19.4. The lowest BCUT2D eigenvalue weighted by molar-refractivity contribution is -0.214. The third-order valence-electron chi connectivity index (χ3n) is 7.56. The van der Waals surface area contributed by atoms with Gasteiger partial charge in [0.1, 0.15) is 0 Å². The van der Waals surface area contributed by atoms with Gasteiger partial charge in [-0.3, -0.25) is 4.79 Å². The number of rotatable bonds is 11. The molecule has 2 N–H and O–H groups in total. The molecule has 3 aromatic rings. The van der Waals surface area contributed by atoms with Crippen LogP contribution >= 0.6 is 0 Å². The number of methoxy groups -OCH3 is 2. The molecule has 13 nitrogen and oxygen atoms in total. The maximum atomic E-state index is 13.6. The number of hydrogen-bond donors (Lipinski definition) is 2. The highest BCUT2D eigenvalue weighted by Gasteiger charge is 2.58. The predicted molar refractivity (Wildman–Crippen MR) is 137 cm³/mol. The van der Waals surface area contributed by atoms with E-state index in [9.17, 15) is 35.9 Å². The minimum atomic E-state index is -4.72. The van der Waals surface area contributed by atoms with Gasteiger partial charge in [-0.1, -0.05) is 13.8 Å². The number of carbonyl (C=O) groups excluding carboxylic acids is 2. The Morgan fingerprint density at radius 2 is 1.91 bits per heavy atom.